The Morgan fingerprint density at radius 3 is 2.42 bits per heavy atom. The van der Waals surface area contributed by atoms with E-state index in [-0.39, 0.29) is 0 Å². The third-order valence-corrected chi connectivity index (χ3v) is 2.36. The fourth-order valence-electron chi connectivity index (χ4n) is 0.758. The third kappa shape index (κ3) is 2.92. The summed E-state index contributed by atoms with van der Waals surface area (Å²) in [4.78, 5) is 0. The molecule has 0 saturated heterocycles. The Bertz CT molecular complexity index is 275. The van der Waals surface area contributed by atoms with Crippen LogP contribution in [0.5, 0.6) is 0 Å². The highest BCUT2D eigenvalue weighted by Gasteiger charge is 1.91. The number of alkyl halides is 1. The van der Waals surface area contributed by atoms with Gasteiger partial charge in [0.15, 0.2) is 0 Å². The van der Waals surface area contributed by atoms with Crippen molar-refractivity contribution in [3.8, 4) is 0 Å². The van der Waals surface area contributed by atoms with E-state index >= 15 is 0 Å². The van der Waals surface area contributed by atoms with Gasteiger partial charge in [0.1, 0.15) is 0 Å². The van der Waals surface area contributed by atoms with Crippen molar-refractivity contribution in [2.75, 3.05) is 4.72 Å². The second-order valence-corrected chi connectivity index (χ2v) is 3.40. The van der Waals surface area contributed by atoms with Crippen molar-refractivity contribution in [3.05, 3.63) is 29.8 Å². The molecule has 0 spiro atoms. The van der Waals surface area contributed by atoms with E-state index in [1.54, 1.807) is 12.1 Å². The summed E-state index contributed by atoms with van der Waals surface area (Å²) in [7, 11) is 0. The van der Waals surface area contributed by atoms with Gasteiger partial charge < -0.3 is 9.27 Å². The molecule has 0 radical (unpaired) electrons. The van der Waals surface area contributed by atoms with Crippen LogP contribution in [0.2, 0.25) is 0 Å². The lowest BCUT2D eigenvalue weighted by Crippen LogP contribution is -2.01. The fraction of sp³-hybridized carbons (Fsp3) is 0.143. The predicted octanol–water partition coefficient (Wildman–Crippen LogP) is 1.79. The highest BCUT2D eigenvalue weighted by molar-refractivity contribution is 9.08. The number of halogens is 1. The van der Waals surface area contributed by atoms with Crippen LogP contribution in [0.4, 0.5) is 5.69 Å². The summed E-state index contributed by atoms with van der Waals surface area (Å²) in [6, 6.07) is 7.13. The van der Waals surface area contributed by atoms with Gasteiger partial charge >= 0.3 is 0 Å². The molecule has 1 aromatic rings. The molecule has 1 N–H and O–H groups in total. The van der Waals surface area contributed by atoms with Crippen LogP contribution in [-0.2, 0) is 16.6 Å². The van der Waals surface area contributed by atoms with Crippen LogP contribution < -0.4 is 4.72 Å². The van der Waals surface area contributed by atoms with Crippen LogP contribution in [0.3, 0.4) is 0 Å². The monoisotopic (exact) mass is 248 g/mol. The normalized spacial score (nSPS) is 12.5. The molecule has 0 aliphatic carbocycles. The van der Waals surface area contributed by atoms with Gasteiger partial charge in [-0.05, 0) is 17.7 Å². The summed E-state index contributed by atoms with van der Waals surface area (Å²) in [6.07, 6.45) is 0. The summed E-state index contributed by atoms with van der Waals surface area (Å²) in [5, 5.41) is 0.772. The average molecular weight is 249 g/mol. The minimum absolute atomic E-state index is 0.577. The summed E-state index contributed by atoms with van der Waals surface area (Å²) < 4.78 is 22.7. The molecule has 0 saturated carbocycles. The van der Waals surface area contributed by atoms with Gasteiger partial charge in [0.05, 0.1) is 0 Å². The van der Waals surface area contributed by atoms with Gasteiger partial charge in [0.2, 0.25) is 0 Å². The van der Waals surface area contributed by atoms with Gasteiger partial charge in [-0.25, -0.2) is 0 Å². The van der Waals surface area contributed by atoms with E-state index in [1.165, 1.54) is 0 Å². The molecule has 0 fully saturated rings. The number of hydrogen-bond acceptors (Lipinski definition) is 2. The van der Waals surface area contributed by atoms with Crippen LogP contribution in [0.25, 0.3) is 0 Å². The number of benzene rings is 1. The van der Waals surface area contributed by atoms with Gasteiger partial charge in [-0.2, -0.15) is 0 Å². The van der Waals surface area contributed by atoms with Crippen molar-refractivity contribution in [2.45, 2.75) is 5.33 Å². The Labute approximate surface area is 81.7 Å². The predicted molar refractivity (Wildman–Crippen MR) is 51.6 cm³/mol. The minimum Gasteiger partial charge on any atom is -0.755 e. The van der Waals surface area contributed by atoms with E-state index in [1.807, 2.05) is 12.1 Å². The topological polar surface area (TPSA) is 52.2 Å². The van der Waals surface area contributed by atoms with Gasteiger partial charge in [-0.15, -0.1) is 0 Å². The van der Waals surface area contributed by atoms with Crippen LogP contribution in [0.15, 0.2) is 24.3 Å². The second kappa shape index (κ2) is 4.59. The lowest BCUT2D eigenvalue weighted by Gasteiger charge is -2.08. The molecule has 66 valence electrons. The Morgan fingerprint density at radius 1 is 1.42 bits per heavy atom. The number of nitrogens with one attached hydrogen (secondary N) is 1. The van der Waals surface area contributed by atoms with Crippen molar-refractivity contribution < 1.29 is 8.76 Å². The number of hydrogen-bond donors (Lipinski definition) is 1. The first-order valence-corrected chi connectivity index (χ1v) is 5.43. The van der Waals surface area contributed by atoms with Crippen LogP contribution >= 0.6 is 15.9 Å². The molecule has 0 aliphatic rings. The van der Waals surface area contributed by atoms with E-state index in [9.17, 15) is 8.76 Å². The molecule has 0 bridgehead atoms. The summed E-state index contributed by atoms with van der Waals surface area (Å²) in [5.41, 5.74) is 1.69. The van der Waals surface area contributed by atoms with Crippen molar-refractivity contribution in [3.63, 3.8) is 0 Å². The van der Waals surface area contributed by atoms with Gasteiger partial charge in [0.25, 0.3) is 0 Å². The first kappa shape index (κ1) is 9.70. The summed E-state index contributed by atoms with van der Waals surface area (Å²) in [6.45, 7) is 0. The van der Waals surface area contributed by atoms with Gasteiger partial charge in [-0.3, -0.25) is 4.21 Å². The van der Waals surface area contributed by atoms with E-state index in [0.29, 0.717) is 5.69 Å². The van der Waals surface area contributed by atoms with Crippen LogP contribution in [0, 0.1) is 0 Å². The second-order valence-electron chi connectivity index (χ2n) is 2.17. The minimum atomic E-state index is -2.24. The Balaban J connectivity index is 2.71. The lowest BCUT2D eigenvalue weighted by molar-refractivity contribution is 0.542. The number of rotatable bonds is 3. The van der Waals surface area contributed by atoms with Gasteiger partial charge in [0, 0.05) is 22.3 Å². The molecule has 1 aromatic carbocycles. The maximum absolute atomic E-state index is 10.2. The Morgan fingerprint density at radius 2 is 2.00 bits per heavy atom. The Kier molecular flexibility index (Phi) is 3.71. The molecular weight excluding hydrogens is 242 g/mol. The summed E-state index contributed by atoms with van der Waals surface area (Å²) >= 11 is 1.05. The molecule has 1 rings (SSSR count). The van der Waals surface area contributed by atoms with Crippen molar-refractivity contribution >= 4 is 32.9 Å². The largest absolute Gasteiger partial charge is 0.755 e. The van der Waals surface area contributed by atoms with Crippen molar-refractivity contribution in [1.82, 2.24) is 0 Å². The average Bonchev–Trinajstić information content (AvgIpc) is 2.05. The molecule has 0 aliphatic heterocycles. The molecule has 0 aromatic heterocycles. The van der Waals surface area contributed by atoms with Crippen LogP contribution in [-0.4, -0.2) is 8.76 Å². The molecule has 5 heteroatoms. The first-order valence-electron chi connectivity index (χ1n) is 3.23. The highest BCUT2D eigenvalue weighted by atomic mass is 79.9. The van der Waals surface area contributed by atoms with E-state index in [2.05, 4.69) is 20.7 Å². The Hall–Kier alpha value is -0.390. The van der Waals surface area contributed by atoms with E-state index in [4.69, 9.17) is 0 Å². The zero-order chi connectivity index (χ0) is 8.97. The molecule has 1 atom stereocenters. The first-order chi connectivity index (χ1) is 5.72. The summed E-state index contributed by atoms with van der Waals surface area (Å²) in [5.74, 6) is 0. The SMILES string of the molecule is O=S([O-])Nc1ccc(CBr)cc1. The van der Waals surface area contributed by atoms with Gasteiger partial charge in [-0.1, -0.05) is 28.1 Å². The molecule has 0 amide bonds. The van der Waals surface area contributed by atoms with E-state index in [0.717, 1.165) is 10.9 Å². The van der Waals surface area contributed by atoms with Crippen LogP contribution in [0.1, 0.15) is 5.56 Å². The molecule has 12 heavy (non-hydrogen) atoms. The molecule has 1 unspecified atom stereocenters. The zero-order valence-electron chi connectivity index (χ0n) is 6.12. The maximum atomic E-state index is 10.2. The molecular formula is C7H7BrNO2S-. The van der Waals surface area contributed by atoms with Crippen molar-refractivity contribution in [1.29, 1.82) is 0 Å². The molecule has 3 nitrogen and oxygen atoms in total. The fourth-order valence-corrected chi connectivity index (χ4v) is 1.46. The third-order valence-electron chi connectivity index (χ3n) is 1.31. The smallest absolute Gasteiger partial charge is 0.0452 e. The maximum Gasteiger partial charge on any atom is 0.0452 e. The lowest BCUT2D eigenvalue weighted by atomic mass is 10.2. The quantitative estimate of drug-likeness (QED) is 0.655. The van der Waals surface area contributed by atoms with Crippen molar-refractivity contribution in [2.24, 2.45) is 0 Å². The standard InChI is InChI=1S/C7H8BrNO2S/c8-5-6-1-3-7(4-2-6)9-12(10)11/h1-4,9H,5H2,(H,10,11)/p-1. The number of anilines is 1. The van der Waals surface area contributed by atoms with E-state index < -0.39 is 11.3 Å². The highest BCUT2D eigenvalue weighted by Crippen LogP contribution is 2.11. The zero-order valence-corrected chi connectivity index (χ0v) is 8.52. The molecule has 0 heterocycles.